The van der Waals surface area contributed by atoms with Crippen LogP contribution >= 0.6 is 0 Å². The van der Waals surface area contributed by atoms with Gasteiger partial charge < -0.3 is 4.74 Å². The van der Waals surface area contributed by atoms with E-state index in [0.29, 0.717) is 17.9 Å². The van der Waals surface area contributed by atoms with Crippen molar-refractivity contribution in [2.45, 2.75) is 85.0 Å². The number of ether oxygens (including phenoxy) is 1. The lowest BCUT2D eigenvalue weighted by atomic mass is 10.1. The smallest absolute Gasteiger partial charge is 0.416 e. The molecule has 2 rings (SSSR count). The molecule has 1 aliphatic rings. The quantitative estimate of drug-likeness (QED) is 0.786. The molecule has 2 heterocycles. The van der Waals surface area contributed by atoms with Crippen molar-refractivity contribution >= 4 is 11.9 Å². The molecule has 0 aromatic carbocycles. The molecule has 1 amide bonds. The first kappa shape index (κ1) is 19.7. The Kier molecular flexibility index (Phi) is 6.09. The van der Waals surface area contributed by atoms with Gasteiger partial charge in [0.15, 0.2) is 0 Å². The number of aromatic nitrogens is 1. The van der Waals surface area contributed by atoms with Gasteiger partial charge >= 0.3 is 6.09 Å². The average molecular weight is 348 g/mol. The zero-order valence-electron chi connectivity index (χ0n) is 16.7. The monoisotopic (exact) mass is 347 g/mol. The predicted molar refractivity (Wildman–Crippen MR) is 102 cm³/mol. The van der Waals surface area contributed by atoms with E-state index in [-0.39, 0.29) is 12.1 Å². The Morgan fingerprint density at radius 2 is 1.96 bits per heavy atom. The van der Waals surface area contributed by atoms with Crippen LogP contribution in [0.3, 0.4) is 0 Å². The fourth-order valence-electron chi connectivity index (χ4n) is 3.38. The van der Waals surface area contributed by atoms with Crippen LogP contribution in [0.2, 0.25) is 0 Å². The summed E-state index contributed by atoms with van der Waals surface area (Å²) in [6.45, 7) is 15.2. The van der Waals surface area contributed by atoms with Crippen LogP contribution in [-0.4, -0.2) is 40.2 Å². The largest absolute Gasteiger partial charge is 0.443 e. The maximum Gasteiger partial charge on any atom is 0.416 e. The number of hydrogen-bond acceptors (Lipinski definition) is 4. The van der Waals surface area contributed by atoms with E-state index in [9.17, 15) is 4.79 Å². The van der Waals surface area contributed by atoms with Crippen molar-refractivity contribution in [3.05, 3.63) is 23.9 Å². The number of rotatable bonds is 4. The fraction of sp³-hybridized carbons (Fsp3) is 0.700. The first-order valence-corrected chi connectivity index (χ1v) is 9.34. The molecule has 1 atom stereocenters. The molecular weight excluding hydrogens is 314 g/mol. The lowest BCUT2D eigenvalue weighted by molar-refractivity contribution is 0.0569. The molecule has 1 aromatic rings. The van der Waals surface area contributed by atoms with Gasteiger partial charge in [-0.25, -0.2) is 9.78 Å². The van der Waals surface area contributed by atoms with Gasteiger partial charge in [0.1, 0.15) is 11.4 Å². The van der Waals surface area contributed by atoms with Crippen molar-refractivity contribution in [1.82, 2.24) is 9.88 Å². The summed E-state index contributed by atoms with van der Waals surface area (Å²) in [5.41, 5.74) is 0.703. The van der Waals surface area contributed by atoms with Crippen molar-refractivity contribution in [1.29, 1.82) is 0 Å². The fourth-order valence-corrected chi connectivity index (χ4v) is 3.38. The summed E-state index contributed by atoms with van der Waals surface area (Å²) in [5, 5.41) is 0. The van der Waals surface area contributed by atoms with E-state index >= 15 is 0 Å². The first-order valence-electron chi connectivity index (χ1n) is 9.34. The molecule has 1 fully saturated rings. The van der Waals surface area contributed by atoms with Crippen LogP contribution in [-0.2, 0) is 4.74 Å². The van der Waals surface area contributed by atoms with Crippen LogP contribution in [0.15, 0.2) is 18.3 Å². The van der Waals surface area contributed by atoms with Crippen LogP contribution in [0.5, 0.6) is 0 Å². The highest BCUT2D eigenvalue weighted by atomic mass is 16.6. The van der Waals surface area contributed by atoms with Gasteiger partial charge in [-0.15, -0.1) is 0 Å². The van der Waals surface area contributed by atoms with E-state index < -0.39 is 5.60 Å². The number of likely N-dealkylation sites (tertiary alicyclic amines) is 1. The Morgan fingerprint density at radius 1 is 1.28 bits per heavy atom. The molecule has 1 aliphatic heterocycles. The highest BCUT2D eigenvalue weighted by Gasteiger charge is 2.29. The van der Waals surface area contributed by atoms with Gasteiger partial charge in [0.25, 0.3) is 0 Å². The summed E-state index contributed by atoms with van der Waals surface area (Å²) < 4.78 is 5.53. The summed E-state index contributed by atoms with van der Waals surface area (Å²) in [5.74, 6) is 0.641. The second kappa shape index (κ2) is 7.73. The number of amides is 1. The van der Waals surface area contributed by atoms with Gasteiger partial charge in [0, 0.05) is 24.3 Å². The van der Waals surface area contributed by atoms with E-state index in [1.165, 1.54) is 18.4 Å². The average Bonchev–Trinajstić information content (AvgIpc) is 2.95. The molecule has 0 aliphatic carbocycles. The van der Waals surface area contributed by atoms with Crippen LogP contribution in [0.1, 0.15) is 72.9 Å². The molecule has 140 valence electrons. The van der Waals surface area contributed by atoms with Crippen LogP contribution in [0, 0.1) is 0 Å². The van der Waals surface area contributed by atoms with Crippen molar-refractivity contribution in [2.24, 2.45) is 0 Å². The van der Waals surface area contributed by atoms with Gasteiger partial charge in [-0.1, -0.05) is 6.07 Å². The second-order valence-electron chi connectivity index (χ2n) is 8.38. The van der Waals surface area contributed by atoms with Gasteiger partial charge in [-0.2, -0.15) is 0 Å². The molecule has 0 bridgehead atoms. The summed E-state index contributed by atoms with van der Waals surface area (Å²) in [4.78, 5) is 21.3. The second-order valence-corrected chi connectivity index (χ2v) is 8.38. The van der Waals surface area contributed by atoms with Crippen molar-refractivity contribution in [3.8, 4) is 0 Å². The molecule has 1 aromatic heterocycles. The molecule has 0 saturated carbocycles. The Labute approximate surface area is 152 Å². The Balaban J connectivity index is 2.20. The molecule has 5 nitrogen and oxygen atoms in total. The molecule has 0 spiro atoms. The summed E-state index contributed by atoms with van der Waals surface area (Å²) in [6.07, 6.45) is 3.95. The van der Waals surface area contributed by atoms with Crippen LogP contribution in [0.4, 0.5) is 10.6 Å². The lowest BCUT2D eigenvalue weighted by Crippen LogP contribution is -2.41. The van der Waals surface area contributed by atoms with E-state index in [0.717, 1.165) is 6.54 Å². The topological polar surface area (TPSA) is 45.7 Å². The Morgan fingerprint density at radius 3 is 2.44 bits per heavy atom. The maximum atomic E-state index is 12.5. The van der Waals surface area contributed by atoms with Crippen molar-refractivity contribution in [3.63, 3.8) is 0 Å². The number of hydrogen-bond donors (Lipinski definition) is 0. The van der Waals surface area contributed by atoms with Gasteiger partial charge in [0.2, 0.25) is 0 Å². The normalized spacial score (nSPS) is 18.8. The zero-order valence-corrected chi connectivity index (χ0v) is 16.7. The van der Waals surface area contributed by atoms with Gasteiger partial charge in [-0.05, 0) is 79.5 Å². The molecule has 0 unspecified atom stereocenters. The first-order chi connectivity index (χ1) is 11.6. The number of pyridine rings is 1. The third-order valence-corrected chi connectivity index (χ3v) is 4.47. The third-order valence-electron chi connectivity index (χ3n) is 4.47. The van der Waals surface area contributed by atoms with Crippen LogP contribution in [0.25, 0.3) is 0 Å². The molecule has 0 N–H and O–H groups in total. The Bertz CT molecular complexity index is 576. The van der Waals surface area contributed by atoms with Crippen molar-refractivity contribution in [2.75, 3.05) is 11.4 Å². The number of carbonyl (C=O) groups is 1. The number of nitrogens with zero attached hydrogens (tertiary/aromatic N) is 3. The maximum absolute atomic E-state index is 12.5. The van der Waals surface area contributed by atoms with Crippen molar-refractivity contribution < 1.29 is 9.53 Å². The molecular formula is C20H33N3O2. The highest BCUT2D eigenvalue weighted by Crippen LogP contribution is 2.33. The SMILES string of the molecule is CC(C)N(C(=O)OC(C)(C)C)c1ccc([C@H]2CCCN2C(C)C)cn1. The van der Waals surface area contributed by atoms with E-state index in [2.05, 4.69) is 29.8 Å². The van der Waals surface area contributed by atoms with Gasteiger partial charge in [0.05, 0.1) is 0 Å². The molecule has 0 radical (unpaired) electrons. The summed E-state index contributed by atoms with van der Waals surface area (Å²) >= 11 is 0. The minimum Gasteiger partial charge on any atom is -0.443 e. The number of anilines is 1. The van der Waals surface area contributed by atoms with Crippen LogP contribution < -0.4 is 4.90 Å². The minimum absolute atomic E-state index is 0.0214. The predicted octanol–water partition coefficient (Wildman–Crippen LogP) is 4.78. The Hall–Kier alpha value is -1.62. The summed E-state index contributed by atoms with van der Waals surface area (Å²) in [7, 11) is 0. The highest BCUT2D eigenvalue weighted by molar-refractivity contribution is 5.87. The summed E-state index contributed by atoms with van der Waals surface area (Å²) in [6, 6.07) is 4.98. The molecule has 1 saturated heterocycles. The van der Waals surface area contributed by atoms with Gasteiger partial charge in [-0.3, -0.25) is 9.80 Å². The molecule has 25 heavy (non-hydrogen) atoms. The van der Waals surface area contributed by atoms with E-state index in [1.807, 2.05) is 46.9 Å². The van der Waals surface area contributed by atoms with E-state index in [1.54, 1.807) is 4.90 Å². The minimum atomic E-state index is -0.522. The molecule has 5 heteroatoms. The number of carbonyl (C=O) groups excluding carboxylic acids is 1. The lowest BCUT2D eigenvalue weighted by Gasteiger charge is -2.30. The standard InChI is InChI=1S/C20H33N3O2/c1-14(2)22-12-8-9-17(22)16-10-11-18(21-13-16)23(15(3)4)19(24)25-20(5,6)7/h10-11,13-15,17H,8-9,12H2,1-7H3/t17-/m1/s1. The zero-order chi connectivity index (χ0) is 18.8. The third kappa shape index (κ3) is 4.94. The van der Waals surface area contributed by atoms with E-state index in [4.69, 9.17) is 4.74 Å².